The maximum absolute atomic E-state index is 12.6. The summed E-state index contributed by atoms with van der Waals surface area (Å²) in [6.45, 7) is 3.73. The van der Waals surface area contributed by atoms with Crippen molar-refractivity contribution < 1.29 is 18.0 Å². The van der Waals surface area contributed by atoms with Gasteiger partial charge in [0.05, 0.1) is 11.3 Å². The molecule has 1 heterocycles. The Morgan fingerprint density at radius 2 is 1.92 bits per heavy atom. The van der Waals surface area contributed by atoms with Crippen LogP contribution in [0.2, 0.25) is 0 Å². The number of benzene rings is 1. The normalized spacial score (nSPS) is 16.0. The molecular formula is C17H17F3N2OS. The molecule has 1 aromatic carbocycles. The van der Waals surface area contributed by atoms with Crippen LogP contribution < -0.4 is 5.32 Å². The van der Waals surface area contributed by atoms with Crippen molar-refractivity contribution in [3.05, 3.63) is 40.4 Å². The highest BCUT2D eigenvalue weighted by atomic mass is 32.1. The van der Waals surface area contributed by atoms with Crippen LogP contribution in [0.25, 0.3) is 10.6 Å². The van der Waals surface area contributed by atoms with Gasteiger partial charge in [0.2, 0.25) is 0 Å². The van der Waals surface area contributed by atoms with Crippen molar-refractivity contribution in [3.8, 4) is 10.6 Å². The van der Waals surface area contributed by atoms with Crippen LogP contribution in [0.15, 0.2) is 24.3 Å². The van der Waals surface area contributed by atoms with Crippen LogP contribution in [0.3, 0.4) is 0 Å². The maximum Gasteiger partial charge on any atom is 0.416 e. The Kier molecular flexibility index (Phi) is 4.38. The Balaban J connectivity index is 1.79. The lowest BCUT2D eigenvalue weighted by Crippen LogP contribution is -2.33. The molecular weight excluding hydrogens is 337 g/mol. The minimum atomic E-state index is -4.36. The fraction of sp³-hybridized carbons (Fsp3) is 0.412. The lowest BCUT2D eigenvalue weighted by molar-refractivity contribution is -0.137. The van der Waals surface area contributed by atoms with Crippen molar-refractivity contribution in [2.24, 2.45) is 5.92 Å². The highest BCUT2D eigenvalue weighted by Gasteiger charge is 2.31. The first kappa shape index (κ1) is 17.0. The van der Waals surface area contributed by atoms with E-state index in [2.05, 4.69) is 10.3 Å². The molecule has 1 amide bonds. The van der Waals surface area contributed by atoms with Gasteiger partial charge in [-0.25, -0.2) is 4.98 Å². The standard InChI is InChI=1S/C17H17F3N2OS/c1-9(11-3-4-11)21-15(23)14-10(2)22-16(24-14)12-5-7-13(8-6-12)17(18,19)20/h5-9,11H,3-4H2,1-2H3,(H,21,23)/t9-/m1/s1. The van der Waals surface area contributed by atoms with E-state index in [1.165, 1.54) is 23.5 Å². The van der Waals surface area contributed by atoms with Crippen LogP contribution in [0.5, 0.6) is 0 Å². The number of nitrogens with zero attached hydrogens (tertiary/aromatic N) is 1. The molecule has 0 radical (unpaired) electrons. The van der Waals surface area contributed by atoms with E-state index < -0.39 is 11.7 Å². The van der Waals surface area contributed by atoms with Gasteiger partial charge in [0, 0.05) is 11.6 Å². The number of thiazole rings is 1. The van der Waals surface area contributed by atoms with E-state index in [0.29, 0.717) is 27.1 Å². The molecule has 1 aromatic heterocycles. The van der Waals surface area contributed by atoms with Gasteiger partial charge >= 0.3 is 6.18 Å². The van der Waals surface area contributed by atoms with E-state index in [0.717, 1.165) is 25.0 Å². The summed E-state index contributed by atoms with van der Waals surface area (Å²) in [5.74, 6) is 0.388. The second kappa shape index (κ2) is 6.20. The van der Waals surface area contributed by atoms with Crippen LogP contribution in [0.4, 0.5) is 13.2 Å². The Labute approximate surface area is 141 Å². The quantitative estimate of drug-likeness (QED) is 0.867. The lowest BCUT2D eigenvalue weighted by atomic mass is 10.1. The van der Waals surface area contributed by atoms with Gasteiger partial charge < -0.3 is 5.32 Å². The third-order valence-corrected chi connectivity index (χ3v) is 5.36. The molecule has 1 saturated carbocycles. The van der Waals surface area contributed by atoms with Crippen LogP contribution in [0.1, 0.15) is 40.7 Å². The molecule has 3 nitrogen and oxygen atoms in total. The van der Waals surface area contributed by atoms with Gasteiger partial charge in [-0.2, -0.15) is 13.2 Å². The molecule has 1 aliphatic rings. The van der Waals surface area contributed by atoms with Crippen LogP contribution in [-0.4, -0.2) is 16.9 Å². The van der Waals surface area contributed by atoms with Gasteiger partial charge in [-0.1, -0.05) is 12.1 Å². The van der Waals surface area contributed by atoms with Crippen molar-refractivity contribution in [1.82, 2.24) is 10.3 Å². The Morgan fingerprint density at radius 3 is 2.46 bits per heavy atom. The van der Waals surface area contributed by atoms with Gasteiger partial charge in [0.25, 0.3) is 5.91 Å². The van der Waals surface area contributed by atoms with Gasteiger partial charge in [-0.15, -0.1) is 11.3 Å². The number of carbonyl (C=O) groups is 1. The summed E-state index contributed by atoms with van der Waals surface area (Å²) in [6.07, 6.45) is -2.08. The minimum absolute atomic E-state index is 0.133. The number of carbonyl (C=O) groups excluding carboxylic acids is 1. The van der Waals surface area contributed by atoms with E-state index in [-0.39, 0.29) is 11.9 Å². The Bertz CT molecular complexity index is 748. The fourth-order valence-electron chi connectivity index (χ4n) is 2.52. The molecule has 0 spiro atoms. The number of hydrogen-bond donors (Lipinski definition) is 1. The topological polar surface area (TPSA) is 42.0 Å². The summed E-state index contributed by atoms with van der Waals surface area (Å²) in [4.78, 5) is 17.2. The van der Waals surface area contributed by atoms with Crippen molar-refractivity contribution in [1.29, 1.82) is 0 Å². The van der Waals surface area contributed by atoms with Crippen molar-refractivity contribution in [2.75, 3.05) is 0 Å². The zero-order valence-corrected chi connectivity index (χ0v) is 14.1. The molecule has 3 rings (SSSR count). The number of hydrogen-bond acceptors (Lipinski definition) is 3. The first-order valence-electron chi connectivity index (χ1n) is 7.71. The van der Waals surface area contributed by atoms with E-state index >= 15 is 0 Å². The van der Waals surface area contributed by atoms with E-state index in [4.69, 9.17) is 0 Å². The fourth-order valence-corrected chi connectivity index (χ4v) is 3.49. The number of alkyl halides is 3. The predicted octanol–water partition coefficient (Wildman–Crippen LogP) is 4.67. The minimum Gasteiger partial charge on any atom is -0.349 e. The van der Waals surface area contributed by atoms with Gasteiger partial charge in [0.15, 0.2) is 0 Å². The molecule has 0 bridgehead atoms. The molecule has 1 atom stereocenters. The molecule has 128 valence electrons. The molecule has 1 N–H and O–H groups in total. The largest absolute Gasteiger partial charge is 0.416 e. The van der Waals surface area contributed by atoms with Gasteiger partial charge in [-0.3, -0.25) is 4.79 Å². The third-order valence-electron chi connectivity index (χ3n) is 4.15. The number of aryl methyl sites for hydroxylation is 1. The predicted molar refractivity (Wildman–Crippen MR) is 86.9 cm³/mol. The first-order chi connectivity index (χ1) is 11.3. The number of nitrogens with one attached hydrogen (secondary N) is 1. The van der Waals surface area contributed by atoms with Crippen LogP contribution in [-0.2, 0) is 6.18 Å². The summed E-state index contributed by atoms with van der Waals surface area (Å²) in [5, 5.41) is 3.52. The van der Waals surface area contributed by atoms with Crippen LogP contribution in [0, 0.1) is 12.8 Å². The molecule has 24 heavy (non-hydrogen) atoms. The SMILES string of the molecule is Cc1nc(-c2ccc(C(F)(F)F)cc2)sc1C(=O)N[C@H](C)C1CC1. The Morgan fingerprint density at radius 1 is 1.29 bits per heavy atom. The number of aromatic nitrogens is 1. The zero-order valence-electron chi connectivity index (χ0n) is 13.3. The number of rotatable bonds is 4. The molecule has 0 aliphatic heterocycles. The molecule has 1 aliphatic carbocycles. The third kappa shape index (κ3) is 3.61. The van der Waals surface area contributed by atoms with E-state index in [1.54, 1.807) is 6.92 Å². The number of amides is 1. The van der Waals surface area contributed by atoms with E-state index in [9.17, 15) is 18.0 Å². The van der Waals surface area contributed by atoms with Crippen molar-refractivity contribution in [2.45, 2.75) is 38.9 Å². The smallest absolute Gasteiger partial charge is 0.349 e. The zero-order chi connectivity index (χ0) is 17.5. The van der Waals surface area contributed by atoms with Crippen molar-refractivity contribution >= 4 is 17.2 Å². The summed E-state index contributed by atoms with van der Waals surface area (Å²) < 4.78 is 37.9. The van der Waals surface area contributed by atoms with Crippen LogP contribution >= 0.6 is 11.3 Å². The molecule has 2 aromatic rings. The molecule has 0 saturated heterocycles. The first-order valence-corrected chi connectivity index (χ1v) is 8.53. The second-order valence-electron chi connectivity index (χ2n) is 6.11. The summed E-state index contributed by atoms with van der Waals surface area (Å²) in [6, 6.07) is 4.96. The monoisotopic (exact) mass is 354 g/mol. The molecule has 7 heteroatoms. The number of halogens is 3. The molecule has 1 fully saturated rings. The summed E-state index contributed by atoms with van der Waals surface area (Å²) in [5.41, 5.74) is 0.469. The average molecular weight is 354 g/mol. The summed E-state index contributed by atoms with van der Waals surface area (Å²) in [7, 11) is 0. The van der Waals surface area contributed by atoms with E-state index in [1.807, 2.05) is 6.92 Å². The Hall–Kier alpha value is -1.89. The van der Waals surface area contributed by atoms with Gasteiger partial charge in [-0.05, 0) is 44.7 Å². The highest BCUT2D eigenvalue weighted by Crippen LogP contribution is 2.34. The molecule has 0 unspecified atom stereocenters. The van der Waals surface area contributed by atoms with Gasteiger partial charge in [0.1, 0.15) is 9.88 Å². The maximum atomic E-state index is 12.6. The summed E-state index contributed by atoms with van der Waals surface area (Å²) >= 11 is 1.20. The lowest BCUT2D eigenvalue weighted by Gasteiger charge is -2.11. The average Bonchev–Trinajstić information content (AvgIpc) is 3.29. The van der Waals surface area contributed by atoms with Crippen molar-refractivity contribution in [3.63, 3.8) is 0 Å². The highest BCUT2D eigenvalue weighted by molar-refractivity contribution is 7.17. The second-order valence-corrected chi connectivity index (χ2v) is 7.11.